The average molecular weight is 453 g/mol. The molecule has 172 valence electrons. The van der Waals surface area contributed by atoms with Gasteiger partial charge in [-0.2, -0.15) is 5.10 Å². The van der Waals surface area contributed by atoms with Crippen molar-refractivity contribution < 1.29 is 9.53 Å². The molecule has 6 heteroatoms. The summed E-state index contributed by atoms with van der Waals surface area (Å²) in [7, 11) is 1.64. The minimum Gasteiger partial charge on any atom is -0.497 e. The Labute approximate surface area is 200 Å². The van der Waals surface area contributed by atoms with Gasteiger partial charge in [-0.1, -0.05) is 48.5 Å². The molecule has 1 amide bonds. The molecule has 2 heterocycles. The second-order valence-corrected chi connectivity index (χ2v) is 8.46. The fourth-order valence-corrected chi connectivity index (χ4v) is 4.43. The Morgan fingerprint density at radius 3 is 2.21 bits per heavy atom. The van der Waals surface area contributed by atoms with Gasteiger partial charge in [0.15, 0.2) is 0 Å². The number of hydrogen-bond acceptors (Lipinski definition) is 4. The van der Waals surface area contributed by atoms with E-state index in [1.807, 2.05) is 65.6 Å². The number of piperazine rings is 1. The van der Waals surface area contributed by atoms with Crippen molar-refractivity contribution in [2.24, 2.45) is 0 Å². The van der Waals surface area contributed by atoms with Crippen molar-refractivity contribution in [3.8, 4) is 22.7 Å². The van der Waals surface area contributed by atoms with Gasteiger partial charge in [0.2, 0.25) is 0 Å². The topological polar surface area (TPSA) is 50.6 Å². The number of benzene rings is 3. The van der Waals surface area contributed by atoms with Crippen molar-refractivity contribution in [1.29, 1.82) is 0 Å². The van der Waals surface area contributed by atoms with Crippen molar-refractivity contribution in [3.63, 3.8) is 0 Å². The van der Waals surface area contributed by atoms with Gasteiger partial charge < -0.3 is 14.5 Å². The molecule has 0 aliphatic carbocycles. The highest BCUT2D eigenvalue weighted by atomic mass is 16.5. The molecule has 0 radical (unpaired) electrons. The van der Waals surface area contributed by atoms with E-state index in [1.165, 1.54) is 11.3 Å². The van der Waals surface area contributed by atoms with E-state index in [1.54, 1.807) is 11.8 Å². The predicted octanol–water partition coefficient (Wildman–Crippen LogP) is 4.82. The first-order valence-electron chi connectivity index (χ1n) is 11.5. The summed E-state index contributed by atoms with van der Waals surface area (Å²) in [6.07, 6.45) is 0. The number of amides is 1. The van der Waals surface area contributed by atoms with Crippen LogP contribution in [0.1, 0.15) is 16.1 Å². The van der Waals surface area contributed by atoms with Gasteiger partial charge in [0.25, 0.3) is 5.91 Å². The Balaban J connectivity index is 1.43. The summed E-state index contributed by atoms with van der Waals surface area (Å²) in [4.78, 5) is 18.0. The van der Waals surface area contributed by atoms with Crippen LogP contribution in [0.3, 0.4) is 0 Å². The van der Waals surface area contributed by atoms with E-state index in [0.29, 0.717) is 18.8 Å². The van der Waals surface area contributed by atoms with Crippen LogP contribution in [0.2, 0.25) is 0 Å². The maximum absolute atomic E-state index is 13.7. The summed E-state index contributed by atoms with van der Waals surface area (Å²) >= 11 is 0. The number of methoxy groups -OCH3 is 1. The van der Waals surface area contributed by atoms with E-state index in [-0.39, 0.29) is 5.91 Å². The molecule has 1 saturated heterocycles. The second kappa shape index (κ2) is 9.43. The van der Waals surface area contributed by atoms with Gasteiger partial charge >= 0.3 is 0 Å². The van der Waals surface area contributed by atoms with Gasteiger partial charge in [0.05, 0.1) is 18.5 Å². The second-order valence-electron chi connectivity index (χ2n) is 8.46. The molecule has 0 atom stereocenters. The maximum Gasteiger partial charge on any atom is 0.272 e. The molecular formula is C28H28N4O2. The number of hydrogen-bond donors (Lipinski definition) is 0. The maximum atomic E-state index is 13.7. The fraction of sp³-hybridized carbons (Fsp3) is 0.214. The van der Waals surface area contributed by atoms with Crippen LogP contribution in [0.5, 0.6) is 5.75 Å². The molecule has 3 aromatic carbocycles. The van der Waals surface area contributed by atoms with Crippen LogP contribution < -0.4 is 9.64 Å². The minimum absolute atomic E-state index is 0.00469. The van der Waals surface area contributed by atoms with Crippen LogP contribution in [-0.4, -0.2) is 53.9 Å². The number of nitrogens with zero attached hydrogens (tertiary/aromatic N) is 4. The van der Waals surface area contributed by atoms with Gasteiger partial charge in [0, 0.05) is 37.4 Å². The molecule has 4 aromatic rings. The van der Waals surface area contributed by atoms with E-state index in [2.05, 4.69) is 36.1 Å². The molecule has 0 N–H and O–H groups in total. The molecule has 0 bridgehead atoms. The molecule has 1 aliphatic heterocycles. The van der Waals surface area contributed by atoms with Crippen molar-refractivity contribution >= 4 is 11.6 Å². The Morgan fingerprint density at radius 2 is 1.53 bits per heavy atom. The standard InChI is InChI=1S/C28H28N4O2/c1-21-8-6-7-11-26(21)30-16-18-31(19-17-30)28(33)27-20-25(22-9-4-3-5-10-22)29-32(27)23-12-14-24(34-2)15-13-23/h3-15,20H,16-19H2,1-2H3. The zero-order chi connectivity index (χ0) is 23.5. The number of anilines is 1. The van der Waals surface area contributed by atoms with Gasteiger partial charge in [-0.05, 0) is 48.9 Å². The molecule has 0 saturated carbocycles. The molecule has 1 fully saturated rings. The number of aromatic nitrogens is 2. The number of ether oxygens (including phenoxy) is 1. The molecular weight excluding hydrogens is 424 g/mol. The third-order valence-electron chi connectivity index (χ3n) is 6.34. The molecule has 6 nitrogen and oxygen atoms in total. The Bertz CT molecular complexity index is 1270. The van der Waals surface area contributed by atoms with Gasteiger partial charge in [-0.3, -0.25) is 4.79 Å². The first-order chi connectivity index (χ1) is 16.6. The molecule has 5 rings (SSSR count). The van der Waals surface area contributed by atoms with E-state index in [4.69, 9.17) is 9.84 Å². The highest BCUT2D eigenvalue weighted by Gasteiger charge is 2.26. The lowest BCUT2D eigenvalue weighted by molar-refractivity contribution is 0.0737. The summed E-state index contributed by atoms with van der Waals surface area (Å²) in [5.41, 5.74) is 5.64. The largest absolute Gasteiger partial charge is 0.497 e. The average Bonchev–Trinajstić information content (AvgIpc) is 3.35. The number of rotatable bonds is 5. The third-order valence-corrected chi connectivity index (χ3v) is 6.34. The predicted molar refractivity (Wildman–Crippen MR) is 135 cm³/mol. The summed E-state index contributed by atoms with van der Waals surface area (Å²) in [6.45, 7) is 5.08. The monoisotopic (exact) mass is 452 g/mol. The van der Waals surface area contributed by atoms with E-state index < -0.39 is 0 Å². The lowest BCUT2D eigenvalue weighted by Gasteiger charge is -2.36. The normalized spacial score (nSPS) is 13.7. The van der Waals surface area contributed by atoms with Crippen LogP contribution >= 0.6 is 0 Å². The number of para-hydroxylation sites is 1. The van der Waals surface area contributed by atoms with Crippen molar-refractivity contribution in [3.05, 3.63) is 96.2 Å². The smallest absolute Gasteiger partial charge is 0.272 e. The quantitative estimate of drug-likeness (QED) is 0.436. The summed E-state index contributed by atoms with van der Waals surface area (Å²) in [5, 5.41) is 4.81. The van der Waals surface area contributed by atoms with Crippen LogP contribution in [0.15, 0.2) is 84.9 Å². The van der Waals surface area contributed by atoms with E-state index in [9.17, 15) is 4.79 Å². The van der Waals surface area contributed by atoms with Crippen LogP contribution in [0.4, 0.5) is 5.69 Å². The number of carbonyl (C=O) groups excluding carboxylic acids is 1. The summed E-state index contributed by atoms with van der Waals surface area (Å²) in [5.74, 6) is 0.759. The molecule has 0 spiro atoms. The molecule has 34 heavy (non-hydrogen) atoms. The Kier molecular flexibility index (Phi) is 6.04. The van der Waals surface area contributed by atoms with E-state index in [0.717, 1.165) is 35.8 Å². The lowest BCUT2D eigenvalue weighted by atomic mass is 10.1. The third kappa shape index (κ3) is 4.27. The van der Waals surface area contributed by atoms with Crippen molar-refractivity contribution in [1.82, 2.24) is 14.7 Å². The van der Waals surface area contributed by atoms with Crippen LogP contribution in [-0.2, 0) is 0 Å². The SMILES string of the molecule is COc1ccc(-n2nc(-c3ccccc3)cc2C(=O)N2CCN(c3ccccc3C)CC2)cc1. The molecule has 0 unspecified atom stereocenters. The highest BCUT2D eigenvalue weighted by molar-refractivity contribution is 5.94. The molecule has 1 aliphatic rings. The summed E-state index contributed by atoms with van der Waals surface area (Å²) < 4.78 is 7.05. The van der Waals surface area contributed by atoms with Gasteiger partial charge in [-0.25, -0.2) is 4.68 Å². The Morgan fingerprint density at radius 1 is 0.853 bits per heavy atom. The summed E-state index contributed by atoms with van der Waals surface area (Å²) in [6, 6.07) is 27.9. The number of aryl methyl sites for hydroxylation is 1. The van der Waals surface area contributed by atoms with Crippen molar-refractivity contribution in [2.45, 2.75) is 6.92 Å². The van der Waals surface area contributed by atoms with Crippen molar-refractivity contribution in [2.75, 3.05) is 38.2 Å². The Hall–Kier alpha value is -4.06. The van der Waals surface area contributed by atoms with Gasteiger partial charge in [-0.15, -0.1) is 0 Å². The first kappa shape index (κ1) is 21.8. The van der Waals surface area contributed by atoms with Gasteiger partial charge in [0.1, 0.15) is 11.4 Å². The lowest BCUT2D eigenvalue weighted by Crippen LogP contribution is -2.49. The fourth-order valence-electron chi connectivity index (χ4n) is 4.43. The zero-order valence-corrected chi connectivity index (χ0v) is 19.5. The molecule has 1 aromatic heterocycles. The van der Waals surface area contributed by atoms with Crippen LogP contribution in [0.25, 0.3) is 16.9 Å². The first-order valence-corrected chi connectivity index (χ1v) is 11.5. The minimum atomic E-state index is -0.00469. The zero-order valence-electron chi connectivity index (χ0n) is 19.5. The van der Waals surface area contributed by atoms with Crippen LogP contribution in [0, 0.1) is 6.92 Å². The highest BCUT2D eigenvalue weighted by Crippen LogP contribution is 2.25. The number of carbonyl (C=O) groups is 1. The van der Waals surface area contributed by atoms with E-state index >= 15 is 0 Å².